The van der Waals surface area contributed by atoms with Gasteiger partial charge in [0.15, 0.2) is 10.6 Å². The van der Waals surface area contributed by atoms with Gasteiger partial charge < -0.3 is 15.1 Å². The van der Waals surface area contributed by atoms with Crippen molar-refractivity contribution in [1.29, 1.82) is 0 Å². The van der Waals surface area contributed by atoms with E-state index in [0.717, 1.165) is 10.4 Å². The predicted molar refractivity (Wildman–Crippen MR) is 75.2 cm³/mol. The molecule has 0 radical (unpaired) electrons. The first-order valence-corrected chi connectivity index (χ1v) is 6.10. The summed E-state index contributed by atoms with van der Waals surface area (Å²) in [5.41, 5.74) is 0.900. The Kier molecular flexibility index (Phi) is 2.68. The Balaban J connectivity index is 2.18. The van der Waals surface area contributed by atoms with Crippen LogP contribution in [0.25, 0.3) is 18.2 Å². The van der Waals surface area contributed by atoms with Crippen molar-refractivity contribution in [2.75, 3.05) is 0 Å². The van der Waals surface area contributed by atoms with E-state index in [0.29, 0.717) is 16.0 Å². The predicted octanol–water partition coefficient (Wildman–Crippen LogP) is 1.01. The molecule has 19 heavy (non-hydrogen) atoms. The number of hydrogen-bond acceptors (Lipinski definition) is 3. The van der Waals surface area contributed by atoms with Crippen LogP contribution in [0.4, 0.5) is 0 Å². The third-order valence-electron chi connectivity index (χ3n) is 2.91. The molecule has 94 valence electrons. The third-order valence-corrected chi connectivity index (χ3v) is 3.12. The minimum atomic E-state index is -0.0985. The number of aromatic amines is 2. The first-order chi connectivity index (χ1) is 9.13. The Labute approximate surface area is 113 Å². The number of carbonyl (C=O) groups is 1. The molecule has 0 bridgehead atoms. The average molecular weight is 270 g/mol. The van der Waals surface area contributed by atoms with Crippen LogP contribution in [0.3, 0.4) is 0 Å². The van der Waals surface area contributed by atoms with Crippen molar-refractivity contribution in [3.05, 3.63) is 50.7 Å². The Morgan fingerprint density at radius 3 is 2.42 bits per heavy atom. The summed E-state index contributed by atoms with van der Waals surface area (Å²) in [6, 6.07) is 7.63. The van der Waals surface area contributed by atoms with Crippen molar-refractivity contribution in [3.63, 3.8) is 0 Å². The molecule has 2 aromatic rings. The summed E-state index contributed by atoms with van der Waals surface area (Å²) in [5, 5.41) is 11.5. The molecular formula is C14H10N2O2S. The van der Waals surface area contributed by atoms with Crippen LogP contribution in [0.2, 0.25) is 0 Å². The number of ketones is 1. The number of hydrogen-bond donors (Lipinski definition) is 3. The van der Waals surface area contributed by atoms with Gasteiger partial charge in [-0.1, -0.05) is 24.3 Å². The fraction of sp³-hybridized carbons (Fsp3) is 0. The van der Waals surface area contributed by atoms with Gasteiger partial charge >= 0.3 is 0 Å². The summed E-state index contributed by atoms with van der Waals surface area (Å²) in [6.07, 6.45) is 4.96. The minimum absolute atomic E-state index is 0.0717. The Morgan fingerprint density at radius 2 is 1.79 bits per heavy atom. The summed E-state index contributed by atoms with van der Waals surface area (Å²) in [5.74, 6) is -0.170. The lowest BCUT2D eigenvalue weighted by Gasteiger charge is -2.03. The van der Waals surface area contributed by atoms with E-state index in [2.05, 4.69) is 9.97 Å². The molecule has 1 heterocycles. The van der Waals surface area contributed by atoms with Crippen LogP contribution in [-0.4, -0.2) is 20.9 Å². The molecule has 1 aromatic heterocycles. The molecule has 1 aliphatic carbocycles. The van der Waals surface area contributed by atoms with Crippen LogP contribution in [0, 0.1) is 4.77 Å². The molecule has 1 aromatic carbocycles. The van der Waals surface area contributed by atoms with E-state index in [4.69, 9.17) is 12.2 Å². The zero-order chi connectivity index (χ0) is 13.4. The largest absolute Gasteiger partial charge is 0.493 e. The number of aromatic nitrogens is 2. The molecule has 0 unspecified atom stereocenters. The number of imidazole rings is 1. The van der Waals surface area contributed by atoms with Crippen molar-refractivity contribution in [1.82, 2.24) is 9.97 Å². The monoisotopic (exact) mass is 270 g/mol. The highest BCUT2D eigenvalue weighted by Gasteiger charge is 2.10. The van der Waals surface area contributed by atoms with Crippen molar-refractivity contribution < 1.29 is 9.90 Å². The van der Waals surface area contributed by atoms with Crippen molar-refractivity contribution >= 4 is 36.2 Å². The first kappa shape index (κ1) is 11.7. The Hall–Kier alpha value is -2.40. The van der Waals surface area contributed by atoms with Crippen LogP contribution in [-0.2, 0) is 4.79 Å². The number of Topliss-reactive ketones (excluding diaryl/α,β-unsaturated/α-hetero) is 1. The highest BCUT2D eigenvalue weighted by Crippen LogP contribution is 2.17. The van der Waals surface area contributed by atoms with Gasteiger partial charge in [0.05, 0.1) is 0 Å². The maximum atomic E-state index is 12.0. The van der Waals surface area contributed by atoms with Crippen LogP contribution >= 0.6 is 12.2 Å². The summed E-state index contributed by atoms with van der Waals surface area (Å²) in [7, 11) is 0. The maximum absolute atomic E-state index is 12.0. The van der Waals surface area contributed by atoms with E-state index in [1.807, 2.05) is 24.3 Å². The summed E-state index contributed by atoms with van der Waals surface area (Å²) >= 11 is 4.88. The lowest BCUT2D eigenvalue weighted by atomic mass is 10.0. The summed E-state index contributed by atoms with van der Waals surface area (Å²) < 4.78 is 0.317. The first-order valence-electron chi connectivity index (χ1n) is 5.69. The van der Waals surface area contributed by atoms with E-state index in [-0.39, 0.29) is 11.7 Å². The number of aromatic hydroxyl groups is 1. The van der Waals surface area contributed by atoms with E-state index in [1.54, 1.807) is 18.2 Å². The normalized spacial score (nSPS) is 15.8. The molecule has 0 saturated heterocycles. The fourth-order valence-electron chi connectivity index (χ4n) is 2.00. The van der Waals surface area contributed by atoms with Crippen molar-refractivity contribution in [2.45, 2.75) is 0 Å². The lowest BCUT2D eigenvalue weighted by molar-refractivity contribution is -0.109. The van der Waals surface area contributed by atoms with Crippen LogP contribution in [0.15, 0.2) is 29.8 Å². The molecule has 3 N–H and O–H groups in total. The maximum Gasteiger partial charge on any atom is 0.215 e. The number of benzene rings is 1. The highest BCUT2D eigenvalue weighted by molar-refractivity contribution is 7.71. The Morgan fingerprint density at radius 1 is 1.11 bits per heavy atom. The molecule has 0 atom stereocenters. The van der Waals surface area contributed by atoms with E-state index >= 15 is 0 Å². The van der Waals surface area contributed by atoms with E-state index in [9.17, 15) is 9.90 Å². The zero-order valence-electron chi connectivity index (χ0n) is 9.81. The van der Waals surface area contributed by atoms with Crippen molar-refractivity contribution in [3.8, 4) is 5.88 Å². The van der Waals surface area contributed by atoms with Gasteiger partial charge in [-0.3, -0.25) is 4.79 Å². The standard InChI is InChI=1S/C14H10N2O2S/c17-12-7-9-4-2-1-3-8(9)5-10(12)6-11-13(18)16-14(19)15-11/h1-7,18H,(H2,15,16,19). The molecule has 0 saturated carbocycles. The minimum Gasteiger partial charge on any atom is -0.493 e. The molecule has 0 spiro atoms. The molecule has 5 heteroatoms. The number of allylic oxidation sites excluding steroid dienone is 1. The SMILES string of the molecule is O=C1C=c2ccccc2=CC1=Cc1[nH]c(=S)[nH]c1O. The number of nitrogens with one attached hydrogen (secondary N) is 2. The third kappa shape index (κ3) is 2.15. The van der Waals surface area contributed by atoms with E-state index in [1.165, 1.54) is 0 Å². The van der Waals surface area contributed by atoms with Gasteiger partial charge in [0.1, 0.15) is 5.69 Å². The summed E-state index contributed by atoms with van der Waals surface area (Å²) in [4.78, 5) is 17.3. The topological polar surface area (TPSA) is 68.9 Å². The number of carbonyl (C=O) groups excluding carboxylic acids is 1. The number of H-pyrrole nitrogens is 2. The second-order valence-corrected chi connectivity index (χ2v) is 4.63. The van der Waals surface area contributed by atoms with E-state index < -0.39 is 0 Å². The fourth-order valence-corrected chi connectivity index (χ4v) is 2.20. The highest BCUT2D eigenvalue weighted by atomic mass is 32.1. The molecule has 0 aliphatic heterocycles. The quantitative estimate of drug-likeness (QED) is 0.535. The second kappa shape index (κ2) is 4.37. The summed E-state index contributed by atoms with van der Waals surface area (Å²) in [6.45, 7) is 0. The molecule has 3 rings (SSSR count). The van der Waals surface area contributed by atoms with Gasteiger partial charge in [0, 0.05) is 5.57 Å². The molecule has 1 aliphatic rings. The van der Waals surface area contributed by atoms with Crippen LogP contribution < -0.4 is 10.4 Å². The van der Waals surface area contributed by atoms with Gasteiger partial charge in [-0.2, -0.15) is 0 Å². The van der Waals surface area contributed by atoms with Gasteiger partial charge in [0.2, 0.25) is 5.88 Å². The zero-order valence-corrected chi connectivity index (χ0v) is 10.6. The smallest absolute Gasteiger partial charge is 0.215 e. The Bertz CT molecular complexity index is 871. The van der Waals surface area contributed by atoms with Gasteiger partial charge in [0.25, 0.3) is 0 Å². The van der Waals surface area contributed by atoms with Crippen LogP contribution in [0.5, 0.6) is 5.88 Å². The van der Waals surface area contributed by atoms with Gasteiger partial charge in [-0.05, 0) is 40.9 Å². The van der Waals surface area contributed by atoms with Gasteiger partial charge in [-0.25, -0.2) is 0 Å². The van der Waals surface area contributed by atoms with Crippen molar-refractivity contribution in [2.24, 2.45) is 0 Å². The molecular weight excluding hydrogens is 260 g/mol. The number of rotatable bonds is 1. The number of fused-ring (bicyclic) bond motifs is 1. The molecule has 0 amide bonds. The molecule has 4 nitrogen and oxygen atoms in total. The van der Waals surface area contributed by atoms with Gasteiger partial charge in [-0.15, -0.1) is 0 Å². The second-order valence-electron chi connectivity index (χ2n) is 4.22. The lowest BCUT2D eigenvalue weighted by Crippen LogP contribution is -2.29. The average Bonchev–Trinajstić information content (AvgIpc) is 2.69. The molecule has 0 fully saturated rings. The van der Waals surface area contributed by atoms with Crippen LogP contribution in [0.1, 0.15) is 5.69 Å².